The van der Waals surface area contributed by atoms with E-state index in [2.05, 4.69) is 5.32 Å². The minimum absolute atomic E-state index is 0.375. The third kappa shape index (κ3) is 1.58. The van der Waals surface area contributed by atoms with E-state index in [0.29, 0.717) is 19.4 Å². The molecule has 1 aliphatic rings. The van der Waals surface area contributed by atoms with Gasteiger partial charge in [-0.3, -0.25) is 4.79 Å². The summed E-state index contributed by atoms with van der Waals surface area (Å²) in [4.78, 5) is 11.1. The molecule has 0 aliphatic heterocycles. The average molecular weight is 174 g/mol. The van der Waals surface area contributed by atoms with Crippen LogP contribution in [0.15, 0.2) is 0 Å². The summed E-state index contributed by atoms with van der Waals surface area (Å²) in [5.41, 5.74) is 4.02. The summed E-state index contributed by atoms with van der Waals surface area (Å²) >= 11 is 0. The molecule has 1 rings (SSSR count). The Labute approximate surface area is 71.5 Å². The molecular weight excluding hydrogens is 159 g/mol. The number of amides is 1. The Morgan fingerprint density at radius 3 is 2.67 bits per heavy atom. The van der Waals surface area contributed by atoms with Crippen LogP contribution in [0.25, 0.3) is 0 Å². The van der Waals surface area contributed by atoms with E-state index in [0.717, 1.165) is 6.42 Å². The molecule has 0 radical (unpaired) electrons. The van der Waals surface area contributed by atoms with E-state index >= 15 is 0 Å². The quantitative estimate of drug-likeness (QED) is 0.648. The monoisotopic (exact) mass is 174 g/mol. The highest BCUT2D eigenvalue weighted by Gasteiger charge is 2.46. The molecule has 0 spiro atoms. The third-order valence-corrected chi connectivity index (χ3v) is 2.38. The Kier molecular flexibility index (Phi) is 2.67. The van der Waals surface area contributed by atoms with E-state index < -0.39 is 11.7 Å². The highest BCUT2D eigenvalue weighted by molar-refractivity contribution is 5.83. The standard InChI is InChI=1S/C8H15FN2O/c1-2-11-7(12)6(10)8(9)4-3-5-8/h6H,2-5,10H2,1H3,(H,11,12)/t6-/m0/s1. The van der Waals surface area contributed by atoms with Gasteiger partial charge in [0.15, 0.2) is 0 Å². The summed E-state index contributed by atoms with van der Waals surface area (Å²) in [6, 6.07) is -0.980. The van der Waals surface area contributed by atoms with Crippen molar-refractivity contribution >= 4 is 5.91 Å². The first-order valence-electron chi connectivity index (χ1n) is 4.32. The second kappa shape index (κ2) is 3.39. The Hall–Kier alpha value is -0.640. The Balaban J connectivity index is 2.45. The van der Waals surface area contributed by atoms with E-state index in [-0.39, 0.29) is 5.91 Å². The lowest BCUT2D eigenvalue weighted by atomic mass is 9.76. The van der Waals surface area contributed by atoms with Crippen molar-refractivity contribution in [3.8, 4) is 0 Å². The molecule has 3 nitrogen and oxygen atoms in total. The fraction of sp³-hybridized carbons (Fsp3) is 0.875. The Bertz CT molecular complexity index is 180. The average Bonchev–Trinajstić information content (AvgIpc) is 1.99. The van der Waals surface area contributed by atoms with Crippen LogP contribution in [0.4, 0.5) is 4.39 Å². The molecule has 3 N–H and O–H groups in total. The van der Waals surface area contributed by atoms with E-state index in [4.69, 9.17) is 5.73 Å². The zero-order valence-electron chi connectivity index (χ0n) is 7.27. The van der Waals surface area contributed by atoms with Crippen LogP contribution in [0.2, 0.25) is 0 Å². The second-order valence-electron chi connectivity index (χ2n) is 3.26. The summed E-state index contributed by atoms with van der Waals surface area (Å²) in [5.74, 6) is -0.375. The van der Waals surface area contributed by atoms with Gasteiger partial charge in [0.05, 0.1) is 0 Å². The van der Waals surface area contributed by atoms with Gasteiger partial charge >= 0.3 is 0 Å². The first-order valence-corrected chi connectivity index (χ1v) is 4.32. The van der Waals surface area contributed by atoms with Crippen molar-refractivity contribution in [3.63, 3.8) is 0 Å². The van der Waals surface area contributed by atoms with Crippen LogP contribution in [0, 0.1) is 0 Å². The largest absolute Gasteiger partial charge is 0.355 e. The highest BCUT2D eigenvalue weighted by Crippen LogP contribution is 2.37. The molecule has 1 fully saturated rings. The number of carbonyl (C=O) groups is 1. The molecule has 1 atom stereocenters. The van der Waals surface area contributed by atoms with Crippen LogP contribution in [0.3, 0.4) is 0 Å². The molecule has 0 unspecified atom stereocenters. The molecule has 1 amide bonds. The van der Waals surface area contributed by atoms with Gasteiger partial charge in [-0.25, -0.2) is 4.39 Å². The number of likely N-dealkylation sites (N-methyl/N-ethyl adjacent to an activating group) is 1. The SMILES string of the molecule is CCNC(=O)[C@H](N)C1(F)CCC1. The van der Waals surface area contributed by atoms with Crippen molar-refractivity contribution in [2.24, 2.45) is 5.73 Å². The van der Waals surface area contributed by atoms with Crippen molar-refractivity contribution < 1.29 is 9.18 Å². The van der Waals surface area contributed by atoms with Gasteiger partial charge < -0.3 is 11.1 Å². The molecule has 12 heavy (non-hydrogen) atoms. The van der Waals surface area contributed by atoms with Crippen LogP contribution in [-0.4, -0.2) is 24.2 Å². The molecule has 0 bridgehead atoms. The van der Waals surface area contributed by atoms with Gasteiger partial charge in [0, 0.05) is 6.54 Å². The number of nitrogens with two attached hydrogens (primary N) is 1. The van der Waals surface area contributed by atoms with Crippen LogP contribution < -0.4 is 11.1 Å². The molecule has 0 heterocycles. The van der Waals surface area contributed by atoms with E-state index in [1.54, 1.807) is 6.92 Å². The molecule has 0 aromatic heterocycles. The van der Waals surface area contributed by atoms with Crippen molar-refractivity contribution in [1.29, 1.82) is 0 Å². The van der Waals surface area contributed by atoms with Gasteiger partial charge in [0.1, 0.15) is 11.7 Å². The number of halogens is 1. The van der Waals surface area contributed by atoms with Gasteiger partial charge in [-0.05, 0) is 26.2 Å². The highest BCUT2D eigenvalue weighted by atomic mass is 19.1. The number of alkyl halides is 1. The molecule has 70 valence electrons. The predicted molar refractivity (Wildman–Crippen MR) is 44.3 cm³/mol. The van der Waals surface area contributed by atoms with Crippen molar-refractivity contribution in [2.45, 2.75) is 37.9 Å². The molecular formula is C8H15FN2O. The lowest BCUT2D eigenvalue weighted by molar-refractivity contribution is -0.128. The summed E-state index contributed by atoms with van der Waals surface area (Å²) in [6.07, 6.45) is 1.68. The fourth-order valence-corrected chi connectivity index (χ4v) is 1.34. The maximum Gasteiger partial charge on any atom is 0.240 e. The van der Waals surface area contributed by atoms with E-state index in [1.807, 2.05) is 0 Å². The normalized spacial score (nSPS) is 22.6. The zero-order chi connectivity index (χ0) is 9.19. The fourth-order valence-electron chi connectivity index (χ4n) is 1.34. The summed E-state index contributed by atoms with van der Waals surface area (Å²) in [5, 5.41) is 2.52. The predicted octanol–water partition coefficient (Wildman–Crippen LogP) is 0.342. The Morgan fingerprint density at radius 1 is 1.75 bits per heavy atom. The van der Waals surface area contributed by atoms with Crippen molar-refractivity contribution in [2.75, 3.05) is 6.54 Å². The molecule has 0 aromatic rings. The first-order chi connectivity index (χ1) is 5.60. The second-order valence-corrected chi connectivity index (χ2v) is 3.26. The smallest absolute Gasteiger partial charge is 0.240 e. The summed E-state index contributed by atoms with van der Waals surface area (Å²) in [7, 11) is 0. The van der Waals surface area contributed by atoms with Crippen LogP contribution in [0.5, 0.6) is 0 Å². The molecule has 0 aromatic carbocycles. The van der Waals surface area contributed by atoms with Gasteiger partial charge in [-0.15, -0.1) is 0 Å². The van der Waals surface area contributed by atoms with Crippen LogP contribution >= 0.6 is 0 Å². The van der Waals surface area contributed by atoms with Gasteiger partial charge in [0.2, 0.25) is 5.91 Å². The number of rotatable bonds is 3. The van der Waals surface area contributed by atoms with Gasteiger partial charge in [-0.2, -0.15) is 0 Å². The zero-order valence-corrected chi connectivity index (χ0v) is 7.27. The first kappa shape index (κ1) is 9.45. The maximum absolute atomic E-state index is 13.5. The number of nitrogens with one attached hydrogen (secondary N) is 1. The van der Waals surface area contributed by atoms with E-state index in [1.165, 1.54) is 0 Å². The van der Waals surface area contributed by atoms with Gasteiger partial charge in [-0.1, -0.05) is 0 Å². The molecule has 0 saturated heterocycles. The summed E-state index contributed by atoms with van der Waals surface area (Å²) in [6.45, 7) is 2.29. The van der Waals surface area contributed by atoms with Crippen LogP contribution in [-0.2, 0) is 4.79 Å². The van der Waals surface area contributed by atoms with Gasteiger partial charge in [0.25, 0.3) is 0 Å². The van der Waals surface area contributed by atoms with Crippen LogP contribution in [0.1, 0.15) is 26.2 Å². The number of carbonyl (C=O) groups excluding carboxylic acids is 1. The lowest BCUT2D eigenvalue weighted by Crippen LogP contribution is -2.57. The van der Waals surface area contributed by atoms with E-state index in [9.17, 15) is 9.18 Å². The Morgan fingerprint density at radius 2 is 2.33 bits per heavy atom. The number of hydrogen-bond acceptors (Lipinski definition) is 2. The minimum atomic E-state index is -1.43. The molecule has 4 heteroatoms. The molecule has 1 saturated carbocycles. The topological polar surface area (TPSA) is 55.1 Å². The number of hydrogen-bond donors (Lipinski definition) is 2. The summed E-state index contributed by atoms with van der Waals surface area (Å²) < 4.78 is 13.5. The lowest BCUT2D eigenvalue weighted by Gasteiger charge is -2.37. The van der Waals surface area contributed by atoms with Crippen molar-refractivity contribution in [1.82, 2.24) is 5.32 Å². The maximum atomic E-state index is 13.5. The van der Waals surface area contributed by atoms with Crippen molar-refractivity contribution in [3.05, 3.63) is 0 Å². The minimum Gasteiger partial charge on any atom is -0.355 e. The molecule has 1 aliphatic carbocycles. The third-order valence-electron chi connectivity index (χ3n) is 2.38.